The topological polar surface area (TPSA) is 101 Å². The number of nitrogens with zero attached hydrogens (tertiary/aromatic N) is 4. The third-order valence-electron chi connectivity index (χ3n) is 5.96. The molecular formula is C25H28N6O3S. The van der Waals surface area contributed by atoms with E-state index in [1.165, 1.54) is 11.8 Å². The van der Waals surface area contributed by atoms with E-state index in [0.717, 1.165) is 43.1 Å². The number of hydrogen-bond acceptors (Lipinski definition) is 7. The van der Waals surface area contributed by atoms with Gasteiger partial charge in [0.25, 0.3) is 5.91 Å². The van der Waals surface area contributed by atoms with Crippen molar-refractivity contribution in [3.8, 4) is 5.69 Å². The summed E-state index contributed by atoms with van der Waals surface area (Å²) in [5, 5.41) is 15.4. The fraction of sp³-hybridized carbons (Fsp3) is 0.360. The van der Waals surface area contributed by atoms with Crippen LogP contribution in [0.15, 0.2) is 53.7 Å². The molecule has 2 N–H and O–H groups in total. The molecule has 1 aliphatic carbocycles. The van der Waals surface area contributed by atoms with E-state index in [4.69, 9.17) is 4.74 Å². The predicted molar refractivity (Wildman–Crippen MR) is 135 cm³/mol. The molecule has 2 heterocycles. The first-order valence-electron chi connectivity index (χ1n) is 11.8. The van der Waals surface area contributed by atoms with Gasteiger partial charge in [-0.2, -0.15) is 0 Å². The standard InChI is InChI=1S/C25H28N6O3S/c1-17-6-2-5-9-21(17)31-24(30-12-14-34-15-13-30)28-29-25(31)35-16-22(32)27-20-8-4-3-7-19(20)23(33)26-18-10-11-18/h2-9,18H,10-16H2,1H3,(H,26,33)(H,27,32). The maximum atomic E-state index is 12.9. The molecule has 2 aromatic carbocycles. The highest BCUT2D eigenvalue weighted by atomic mass is 32.2. The smallest absolute Gasteiger partial charge is 0.253 e. The summed E-state index contributed by atoms with van der Waals surface area (Å²) in [5.41, 5.74) is 3.04. The quantitative estimate of drug-likeness (QED) is 0.466. The van der Waals surface area contributed by atoms with Crippen LogP contribution in [0, 0.1) is 6.92 Å². The van der Waals surface area contributed by atoms with E-state index in [9.17, 15) is 9.59 Å². The molecule has 2 fully saturated rings. The summed E-state index contributed by atoms with van der Waals surface area (Å²) in [6.45, 7) is 4.78. The van der Waals surface area contributed by atoms with Crippen molar-refractivity contribution in [1.82, 2.24) is 20.1 Å². The minimum absolute atomic E-state index is 0.131. The number of nitrogens with one attached hydrogen (secondary N) is 2. The number of thioether (sulfide) groups is 1. The second-order valence-corrected chi connectivity index (χ2v) is 9.58. The molecule has 2 aliphatic rings. The van der Waals surface area contributed by atoms with Crippen molar-refractivity contribution in [3.63, 3.8) is 0 Å². The number of amides is 2. The van der Waals surface area contributed by atoms with Gasteiger partial charge < -0.3 is 20.3 Å². The van der Waals surface area contributed by atoms with Crippen LogP contribution in [0.2, 0.25) is 0 Å². The Kier molecular flexibility index (Phi) is 7.01. The van der Waals surface area contributed by atoms with Gasteiger partial charge in [-0.1, -0.05) is 42.1 Å². The molecule has 0 atom stereocenters. The summed E-state index contributed by atoms with van der Waals surface area (Å²) in [6, 6.07) is 15.4. The van der Waals surface area contributed by atoms with Gasteiger partial charge in [-0.15, -0.1) is 10.2 Å². The number of aromatic nitrogens is 3. The summed E-state index contributed by atoms with van der Waals surface area (Å²) in [5.74, 6) is 0.498. The number of benzene rings is 2. The highest BCUT2D eigenvalue weighted by Gasteiger charge is 2.26. The molecular weight excluding hydrogens is 464 g/mol. The SMILES string of the molecule is Cc1ccccc1-n1c(SCC(=O)Nc2ccccc2C(=O)NC2CC2)nnc1N1CCOCC1. The Balaban J connectivity index is 1.33. The van der Waals surface area contributed by atoms with Gasteiger partial charge >= 0.3 is 0 Å². The second-order valence-electron chi connectivity index (χ2n) is 8.63. The first-order valence-corrected chi connectivity index (χ1v) is 12.8. The van der Waals surface area contributed by atoms with Gasteiger partial charge in [0.05, 0.1) is 35.9 Å². The highest BCUT2D eigenvalue weighted by Crippen LogP contribution is 2.29. The summed E-state index contributed by atoms with van der Waals surface area (Å²) in [4.78, 5) is 27.6. The lowest BCUT2D eigenvalue weighted by Gasteiger charge is -2.28. The molecule has 0 radical (unpaired) electrons. The largest absolute Gasteiger partial charge is 0.378 e. The third-order valence-corrected chi connectivity index (χ3v) is 6.89. The lowest BCUT2D eigenvalue weighted by molar-refractivity contribution is -0.113. The number of ether oxygens (including phenoxy) is 1. The lowest BCUT2D eigenvalue weighted by atomic mass is 10.1. The molecule has 9 nitrogen and oxygen atoms in total. The molecule has 3 aromatic rings. The van der Waals surface area contributed by atoms with Crippen LogP contribution < -0.4 is 15.5 Å². The zero-order chi connectivity index (χ0) is 24.2. The minimum atomic E-state index is -0.214. The van der Waals surface area contributed by atoms with Crippen LogP contribution in [0.25, 0.3) is 5.69 Å². The van der Waals surface area contributed by atoms with Gasteiger partial charge in [0.1, 0.15) is 0 Å². The van der Waals surface area contributed by atoms with Crippen molar-refractivity contribution in [1.29, 1.82) is 0 Å². The molecule has 1 aliphatic heterocycles. The minimum Gasteiger partial charge on any atom is -0.378 e. The van der Waals surface area contributed by atoms with Gasteiger partial charge in [0.2, 0.25) is 11.9 Å². The Morgan fingerprint density at radius 2 is 1.80 bits per heavy atom. The van der Waals surface area contributed by atoms with E-state index >= 15 is 0 Å². The lowest BCUT2D eigenvalue weighted by Crippen LogP contribution is -2.38. The van der Waals surface area contributed by atoms with Gasteiger partial charge in [0.15, 0.2) is 5.16 Å². The van der Waals surface area contributed by atoms with Crippen molar-refractivity contribution in [2.45, 2.75) is 31.0 Å². The highest BCUT2D eigenvalue weighted by molar-refractivity contribution is 7.99. The first kappa shape index (κ1) is 23.4. The number of aryl methyl sites for hydroxylation is 1. The number of morpholine rings is 1. The van der Waals surface area contributed by atoms with Crippen molar-refractivity contribution in [2.75, 3.05) is 42.3 Å². The fourth-order valence-corrected chi connectivity index (χ4v) is 4.69. The Bertz CT molecular complexity index is 1220. The number of carbonyl (C=O) groups is 2. The number of hydrogen-bond donors (Lipinski definition) is 2. The zero-order valence-electron chi connectivity index (χ0n) is 19.6. The molecule has 35 heavy (non-hydrogen) atoms. The van der Waals surface area contributed by atoms with E-state index in [0.29, 0.717) is 29.6 Å². The molecule has 5 rings (SSSR count). The van der Waals surface area contributed by atoms with Crippen LogP contribution in [-0.2, 0) is 9.53 Å². The monoisotopic (exact) mass is 492 g/mol. The second kappa shape index (κ2) is 10.5. The molecule has 182 valence electrons. The third kappa shape index (κ3) is 5.49. The summed E-state index contributed by atoms with van der Waals surface area (Å²) < 4.78 is 7.51. The maximum Gasteiger partial charge on any atom is 0.253 e. The first-order chi connectivity index (χ1) is 17.1. The van der Waals surface area contributed by atoms with Crippen LogP contribution in [0.1, 0.15) is 28.8 Å². The average Bonchev–Trinajstić information content (AvgIpc) is 3.59. The van der Waals surface area contributed by atoms with Crippen LogP contribution in [-0.4, -0.2) is 64.7 Å². The maximum absolute atomic E-state index is 12.9. The van der Waals surface area contributed by atoms with Crippen molar-refractivity contribution >= 4 is 35.2 Å². The molecule has 0 bridgehead atoms. The number of anilines is 2. The fourth-order valence-electron chi connectivity index (χ4n) is 3.95. The van der Waals surface area contributed by atoms with Gasteiger partial charge in [-0.25, -0.2) is 0 Å². The average molecular weight is 493 g/mol. The van der Waals surface area contributed by atoms with E-state index in [1.54, 1.807) is 24.3 Å². The summed E-state index contributed by atoms with van der Waals surface area (Å²) >= 11 is 1.32. The Morgan fingerprint density at radius 1 is 1.06 bits per heavy atom. The van der Waals surface area contributed by atoms with E-state index in [-0.39, 0.29) is 23.6 Å². The van der Waals surface area contributed by atoms with Gasteiger partial charge in [0, 0.05) is 19.1 Å². The summed E-state index contributed by atoms with van der Waals surface area (Å²) in [7, 11) is 0. The van der Waals surface area contributed by atoms with E-state index in [1.807, 2.05) is 35.8 Å². The predicted octanol–water partition coefficient (Wildman–Crippen LogP) is 3.04. The van der Waals surface area contributed by atoms with Crippen LogP contribution in [0.3, 0.4) is 0 Å². The summed E-state index contributed by atoms with van der Waals surface area (Å²) in [6.07, 6.45) is 2.01. The molecule has 0 unspecified atom stereocenters. The number of para-hydroxylation sites is 2. The van der Waals surface area contributed by atoms with Crippen LogP contribution in [0.5, 0.6) is 0 Å². The molecule has 10 heteroatoms. The zero-order valence-corrected chi connectivity index (χ0v) is 20.4. The number of carbonyl (C=O) groups excluding carboxylic acids is 2. The van der Waals surface area contributed by atoms with Crippen molar-refractivity contribution < 1.29 is 14.3 Å². The normalized spacial score (nSPS) is 15.6. The molecule has 0 spiro atoms. The molecule has 1 aromatic heterocycles. The Labute approximate surface area is 208 Å². The van der Waals surface area contributed by atoms with Crippen molar-refractivity contribution in [3.05, 3.63) is 59.7 Å². The molecule has 2 amide bonds. The van der Waals surface area contributed by atoms with E-state index < -0.39 is 0 Å². The Morgan fingerprint density at radius 3 is 2.57 bits per heavy atom. The van der Waals surface area contributed by atoms with Crippen molar-refractivity contribution in [2.24, 2.45) is 0 Å². The molecule has 1 saturated heterocycles. The molecule has 1 saturated carbocycles. The number of rotatable bonds is 8. The van der Waals surface area contributed by atoms with E-state index in [2.05, 4.69) is 25.7 Å². The Hall–Kier alpha value is -3.37. The van der Waals surface area contributed by atoms with Crippen LogP contribution in [0.4, 0.5) is 11.6 Å². The van der Waals surface area contributed by atoms with Gasteiger partial charge in [-0.3, -0.25) is 14.2 Å². The van der Waals surface area contributed by atoms with Gasteiger partial charge in [-0.05, 0) is 43.5 Å². The van der Waals surface area contributed by atoms with Crippen LogP contribution >= 0.6 is 11.8 Å².